The molecule has 0 saturated carbocycles. The normalized spacial score (nSPS) is 18.7. The van der Waals surface area contributed by atoms with E-state index < -0.39 is 5.54 Å². The Kier molecular flexibility index (Phi) is 7.57. The van der Waals surface area contributed by atoms with Crippen LogP contribution in [-0.2, 0) is 16.1 Å². The summed E-state index contributed by atoms with van der Waals surface area (Å²) in [7, 11) is 1.66. The predicted octanol–water partition coefficient (Wildman–Crippen LogP) is 4.04. The lowest BCUT2D eigenvalue weighted by Crippen LogP contribution is -2.56. The Morgan fingerprint density at radius 3 is 2.30 bits per heavy atom. The molecule has 0 aromatic heterocycles. The van der Waals surface area contributed by atoms with Gasteiger partial charge < -0.3 is 9.64 Å². The smallest absolute Gasteiger partial charge is 0.327 e. The first-order valence-electron chi connectivity index (χ1n) is 11.7. The molecule has 4 rings (SSSR count). The summed E-state index contributed by atoms with van der Waals surface area (Å²) in [5, 5.41) is 0. The number of hydrogen-bond donors (Lipinski definition) is 0. The number of imide groups is 1. The highest BCUT2D eigenvalue weighted by Gasteiger charge is 2.57. The van der Waals surface area contributed by atoms with Gasteiger partial charge in [0.25, 0.3) is 5.91 Å². The predicted molar refractivity (Wildman–Crippen MR) is 129 cm³/mol. The van der Waals surface area contributed by atoms with Crippen LogP contribution < -0.4 is 0 Å². The molecule has 6 heteroatoms. The van der Waals surface area contributed by atoms with Gasteiger partial charge in [-0.1, -0.05) is 72.8 Å². The summed E-state index contributed by atoms with van der Waals surface area (Å²) < 4.78 is 5.21. The van der Waals surface area contributed by atoms with Crippen LogP contribution in [0.3, 0.4) is 0 Å². The van der Waals surface area contributed by atoms with Gasteiger partial charge in [-0.05, 0) is 30.4 Å². The number of methoxy groups -OCH3 is 1. The fourth-order valence-corrected chi connectivity index (χ4v) is 4.86. The second kappa shape index (κ2) is 10.8. The maximum Gasteiger partial charge on any atom is 0.327 e. The Bertz CT molecular complexity index is 953. The van der Waals surface area contributed by atoms with Crippen LogP contribution >= 0.6 is 0 Å². The number of rotatable bonds is 9. The third-order valence-corrected chi connectivity index (χ3v) is 6.69. The lowest BCUT2D eigenvalue weighted by Gasteiger charge is -2.42. The molecule has 2 aliphatic heterocycles. The molecule has 0 bridgehead atoms. The van der Waals surface area contributed by atoms with Gasteiger partial charge in [0.1, 0.15) is 5.54 Å². The molecule has 33 heavy (non-hydrogen) atoms. The van der Waals surface area contributed by atoms with Crippen molar-refractivity contribution >= 4 is 18.0 Å². The highest BCUT2D eigenvalue weighted by molar-refractivity contribution is 6.07. The van der Waals surface area contributed by atoms with E-state index in [9.17, 15) is 9.59 Å². The van der Waals surface area contributed by atoms with Crippen molar-refractivity contribution in [3.05, 3.63) is 77.9 Å². The molecule has 2 aromatic rings. The number of carbonyl (C=O) groups is 2. The monoisotopic (exact) mass is 447 g/mol. The molecule has 2 fully saturated rings. The fourth-order valence-electron chi connectivity index (χ4n) is 4.86. The molecule has 2 aliphatic rings. The minimum atomic E-state index is -0.737. The summed E-state index contributed by atoms with van der Waals surface area (Å²) in [6.45, 7) is 3.85. The van der Waals surface area contributed by atoms with E-state index in [0.717, 1.165) is 31.6 Å². The first-order chi connectivity index (χ1) is 16.1. The molecule has 0 N–H and O–H groups in total. The van der Waals surface area contributed by atoms with Crippen molar-refractivity contribution in [3.63, 3.8) is 0 Å². The van der Waals surface area contributed by atoms with Crippen molar-refractivity contribution in [2.24, 2.45) is 0 Å². The van der Waals surface area contributed by atoms with Gasteiger partial charge in [0.2, 0.25) is 0 Å². The summed E-state index contributed by atoms with van der Waals surface area (Å²) in [6, 6.07) is 19.8. The van der Waals surface area contributed by atoms with Crippen molar-refractivity contribution in [1.29, 1.82) is 0 Å². The molecular weight excluding hydrogens is 414 g/mol. The number of benzene rings is 2. The number of likely N-dealkylation sites (tertiary alicyclic amines) is 1. The maximum atomic E-state index is 13.6. The molecule has 3 amide bonds. The summed E-state index contributed by atoms with van der Waals surface area (Å²) in [5.74, 6) is -0.0479. The molecule has 0 unspecified atom stereocenters. The zero-order valence-corrected chi connectivity index (χ0v) is 19.4. The number of carbonyl (C=O) groups excluding carboxylic acids is 2. The Balaban J connectivity index is 1.44. The Morgan fingerprint density at radius 2 is 1.64 bits per heavy atom. The highest BCUT2D eigenvalue weighted by atomic mass is 16.5. The fraction of sp³-hybridized carbons (Fsp3) is 0.407. The average molecular weight is 448 g/mol. The number of urea groups is 1. The summed E-state index contributed by atoms with van der Waals surface area (Å²) in [4.78, 5) is 32.6. The zero-order valence-electron chi connectivity index (χ0n) is 19.4. The Morgan fingerprint density at radius 1 is 0.970 bits per heavy atom. The van der Waals surface area contributed by atoms with Crippen LogP contribution in [-0.4, -0.2) is 72.1 Å². The Labute approximate surface area is 196 Å². The molecular formula is C27H33N3O3. The maximum absolute atomic E-state index is 13.6. The van der Waals surface area contributed by atoms with E-state index in [2.05, 4.69) is 29.2 Å². The van der Waals surface area contributed by atoms with Gasteiger partial charge in [-0.25, -0.2) is 4.79 Å². The molecule has 0 aliphatic carbocycles. The van der Waals surface area contributed by atoms with Crippen molar-refractivity contribution in [2.45, 2.75) is 31.3 Å². The topological polar surface area (TPSA) is 53.1 Å². The van der Waals surface area contributed by atoms with Gasteiger partial charge >= 0.3 is 6.03 Å². The van der Waals surface area contributed by atoms with E-state index in [1.165, 1.54) is 10.5 Å². The second-order valence-corrected chi connectivity index (χ2v) is 8.80. The van der Waals surface area contributed by atoms with E-state index in [1.807, 2.05) is 53.4 Å². The third-order valence-electron chi connectivity index (χ3n) is 6.69. The van der Waals surface area contributed by atoms with Gasteiger partial charge in [-0.3, -0.25) is 14.6 Å². The van der Waals surface area contributed by atoms with Crippen LogP contribution in [0.15, 0.2) is 66.7 Å². The van der Waals surface area contributed by atoms with Crippen LogP contribution in [0.2, 0.25) is 0 Å². The van der Waals surface area contributed by atoms with Crippen LogP contribution in [0.25, 0.3) is 6.08 Å². The van der Waals surface area contributed by atoms with Gasteiger partial charge in [0, 0.05) is 39.9 Å². The minimum absolute atomic E-state index is 0.0479. The van der Waals surface area contributed by atoms with Crippen molar-refractivity contribution in [1.82, 2.24) is 14.7 Å². The molecule has 2 saturated heterocycles. The summed E-state index contributed by atoms with van der Waals surface area (Å²) in [6.07, 6.45) is 6.35. The van der Waals surface area contributed by atoms with Crippen molar-refractivity contribution in [2.75, 3.05) is 39.9 Å². The SMILES string of the molecule is COCCCN1C(=O)N(Cc2ccccc2)C(=O)C12CCN(C/C=C/c1ccccc1)CC2. The minimum Gasteiger partial charge on any atom is -0.385 e. The summed E-state index contributed by atoms with van der Waals surface area (Å²) in [5.41, 5.74) is 1.42. The first-order valence-corrected chi connectivity index (χ1v) is 11.7. The third kappa shape index (κ3) is 5.18. The number of hydrogen-bond acceptors (Lipinski definition) is 4. The van der Waals surface area contributed by atoms with Gasteiger partial charge in [-0.2, -0.15) is 0 Å². The van der Waals surface area contributed by atoms with E-state index in [-0.39, 0.29) is 11.9 Å². The van der Waals surface area contributed by atoms with Gasteiger partial charge in [-0.15, -0.1) is 0 Å². The molecule has 2 aromatic carbocycles. The largest absolute Gasteiger partial charge is 0.385 e. The molecule has 0 radical (unpaired) electrons. The van der Waals surface area contributed by atoms with Crippen LogP contribution in [0.1, 0.15) is 30.4 Å². The molecule has 0 atom stereocenters. The number of ether oxygens (including phenoxy) is 1. The van der Waals surface area contributed by atoms with Crippen molar-refractivity contribution < 1.29 is 14.3 Å². The van der Waals surface area contributed by atoms with Crippen molar-refractivity contribution in [3.8, 4) is 0 Å². The van der Waals surface area contributed by atoms with Crippen LogP contribution in [0.5, 0.6) is 0 Å². The molecule has 1 spiro atoms. The lowest BCUT2D eigenvalue weighted by molar-refractivity contribution is -0.136. The van der Waals surface area contributed by atoms with E-state index >= 15 is 0 Å². The van der Waals surface area contributed by atoms with Gasteiger partial charge in [0.15, 0.2) is 0 Å². The standard InChI is InChI=1S/C27H33N3O3/c1-33-21-9-18-30-26(32)29(22-24-12-6-3-7-13-24)25(31)27(30)15-19-28(20-16-27)17-8-14-23-10-4-2-5-11-23/h2-8,10-14H,9,15-22H2,1H3/b14-8+. The quantitative estimate of drug-likeness (QED) is 0.430. The number of amides is 3. The first kappa shape index (κ1) is 23.2. The Hall–Kier alpha value is -2.96. The van der Waals surface area contributed by atoms with Crippen LogP contribution in [0, 0.1) is 0 Å². The van der Waals surface area contributed by atoms with E-state index in [4.69, 9.17) is 4.74 Å². The highest BCUT2D eigenvalue weighted by Crippen LogP contribution is 2.38. The number of nitrogens with zero attached hydrogens (tertiary/aromatic N) is 3. The lowest BCUT2D eigenvalue weighted by atomic mass is 9.85. The van der Waals surface area contributed by atoms with E-state index in [1.54, 1.807) is 7.11 Å². The second-order valence-electron chi connectivity index (χ2n) is 8.80. The number of piperidine rings is 1. The van der Waals surface area contributed by atoms with E-state index in [0.29, 0.717) is 32.5 Å². The van der Waals surface area contributed by atoms with Crippen LogP contribution in [0.4, 0.5) is 4.79 Å². The average Bonchev–Trinajstić information content (AvgIpc) is 3.03. The van der Waals surface area contributed by atoms with Gasteiger partial charge in [0.05, 0.1) is 6.54 Å². The zero-order chi connectivity index (χ0) is 23.1. The molecule has 6 nitrogen and oxygen atoms in total. The summed E-state index contributed by atoms with van der Waals surface area (Å²) >= 11 is 0. The molecule has 174 valence electrons. The molecule has 2 heterocycles.